The Morgan fingerprint density at radius 3 is 2.53 bits per heavy atom. The SMILES string of the molecule is OCC1CC(Nc2nc(NCC(F)(F)F)nc(Cl)c2-c2nc3ccccc3s2)C(O)C1O. The summed E-state index contributed by atoms with van der Waals surface area (Å²) in [6.45, 7) is -1.69. The van der Waals surface area contributed by atoms with Crippen LogP contribution in [-0.4, -0.2) is 67.8 Å². The first-order chi connectivity index (χ1) is 15.2. The lowest BCUT2D eigenvalue weighted by Crippen LogP contribution is -2.35. The monoisotopic (exact) mass is 489 g/mol. The van der Waals surface area contributed by atoms with E-state index in [2.05, 4.69) is 25.6 Å². The van der Waals surface area contributed by atoms with Crippen molar-refractivity contribution < 1.29 is 28.5 Å². The van der Waals surface area contributed by atoms with E-state index in [1.54, 1.807) is 6.07 Å². The highest BCUT2D eigenvalue weighted by Crippen LogP contribution is 2.40. The van der Waals surface area contributed by atoms with Gasteiger partial charge >= 0.3 is 6.18 Å². The smallest absolute Gasteiger partial charge is 0.396 e. The van der Waals surface area contributed by atoms with Gasteiger partial charge in [0.25, 0.3) is 0 Å². The van der Waals surface area contributed by atoms with E-state index in [0.717, 1.165) is 4.70 Å². The van der Waals surface area contributed by atoms with Crippen LogP contribution in [0.4, 0.5) is 24.9 Å². The average molecular weight is 490 g/mol. The number of aliphatic hydroxyl groups excluding tert-OH is 3. The van der Waals surface area contributed by atoms with E-state index in [0.29, 0.717) is 10.5 Å². The standard InChI is InChI=1S/C19H19ClF3N5O3S/c20-15-12(17-26-9-3-1-2-4-11(9)32-17)16(28-18(27-15)24-7-19(21,22)23)25-10-5-8(6-29)13(30)14(10)31/h1-4,8,10,13-14,29-31H,5-7H2,(H2,24,25,27,28). The van der Waals surface area contributed by atoms with Crippen molar-refractivity contribution >= 4 is 44.9 Å². The highest BCUT2D eigenvalue weighted by molar-refractivity contribution is 7.21. The maximum atomic E-state index is 12.6. The van der Waals surface area contributed by atoms with E-state index in [-0.39, 0.29) is 35.5 Å². The Morgan fingerprint density at radius 2 is 1.88 bits per heavy atom. The number of aromatic nitrogens is 3. The van der Waals surface area contributed by atoms with E-state index in [1.807, 2.05) is 18.2 Å². The number of aliphatic hydroxyl groups is 3. The van der Waals surface area contributed by atoms with Crippen LogP contribution in [0.2, 0.25) is 5.15 Å². The number of rotatable bonds is 6. The van der Waals surface area contributed by atoms with Gasteiger partial charge in [-0.1, -0.05) is 23.7 Å². The molecule has 1 saturated carbocycles. The zero-order valence-corrected chi connectivity index (χ0v) is 17.9. The molecule has 1 fully saturated rings. The van der Waals surface area contributed by atoms with E-state index in [9.17, 15) is 28.5 Å². The molecule has 4 atom stereocenters. The Labute approximate surface area is 189 Å². The number of halogens is 4. The highest BCUT2D eigenvalue weighted by Gasteiger charge is 2.41. The van der Waals surface area contributed by atoms with Gasteiger partial charge in [0, 0.05) is 12.5 Å². The van der Waals surface area contributed by atoms with Crippen molar-refractivity contribution in [2.45, 2.75) is 30.8 Å². The Balaban J connectivity index is 1.74. The quantitative estimate of drug-likeness (QED) is 0.335. The third-order valence-corrected chi connectivity index (χ3v) is 6.51. The molecule has 0 bridgehead atoms. The topological polar surface area (TPSA) is 123 Å². The number of nitrogens with zero attached hydrogens (tertiary/aromatic N) is 3. The molecule has 1 aliphatic carbocycles. The number of hydrogen-bond donors (Lipinski definition) is 5. The van der Waals surface area contributed by atoms with Crippen LogP contribution >= 0.6 is 22.9 Å². The molecule has 0 radical (unpaired) electrons. The van der Waals surface area contributed by atoms with Gasteiger partial charge in [0.2, 0.25) is 5.95 Å². The highest BCUT2D eigenvalue weighted by atomic mass is 35.5. The normalized spacial score (nSPS) is 23.6. The first-order valence-corrected chi connectivity index (χ1v) is 10.8. The van der Waals surface area contributed by atoms with Crippen LogP contribution in [0, 0.1) is 5.92 Å². The Kier molecular flexibility index (Phi) is 6.41. The van der Waals surface area contributed by atoms with Crippen molar-refractivity contribution in [3.8, 4) is 10.6 Å². The third-order valence-electron chi connectivity index (χ3n) is 5.18. The summed E-state index contributed by atoms with van der Waals surface area (Å²) < 4.78 is 38.8. The lowest BCUT2D eigenvalue weighted by atomic mass is 10.1. The molecule has 0 amide bonds. The van der Waals surface area contributed by atoms with Gasteiger partial charge in [-0.3, -0.25) is 0 Å². The molecule has 4 rings (SSSR count). The third kappa shape index (κ3) is 4.74. The fraction of sp³-hybridized carbons (Fsp3) is 0.421. The zero-order valence-electron chi connectivity index (χ0n) is 16.3. The molecule has 2 heterocycles. The van der Waals surface area contributed by atoms with Crippen LogP contribution < -0.4 is 10.6 Å². The molecule has 32 heavy (non-hydrogen) atoms. The van der Waals surface area contributed by atoms with Crippen LogP contribution in [0.5, 0.6) is 0 Å². The second-order valence-electron chi connectivity index (χ2n) is 7.43. The molecular weight excluding hydrogens is 471 g/mol. The fourth-order valence-corrected chi connectivity index (χ4v) is 4.92. The van der Waals surface area contributed by atoms with Gasteiger partial charge in [-0.2, -0.15) is 18.2 Å². The van der Waals surface area contributed by atoms with Gasteiger partial charge in [0.05, 0.1) is 27.9 Å². The van der Waals surface area contributed by atoms with Crippen LogP contribution in [0.25, 0.3) is 20.8 Å². The van der Waals surface area contributed by atoms with Crippen molar-refractivity contribution in [1.82, 2.24) is 15.0 Å². The summed E-state index contributed by atoms with van der Waals surface area (Å²) in [5.41, 5.74) is 0.963. The fourth-order valence-electron chi connectivity index (χ4n) is 3.59. The largest absolute Gasteiger partial charge is 0.405 e. The minimum atomic E-state index is -4.49. The number of thiazole rings is 1. The van der Waals surface area contributed by atoms with Crippen molar-refractivity contribution in [2.24, 2.45) is 5.92 Å². The molecule has 5 N–H and O–H groups in total. The van der Waals surface area contributed by atoms with Crippen LogP contribution in [0.3, 0.4) is 0 Å². The van der Waals surface area contributed by atoms with E-state index in [4.69, 9.17) is 11.6 Å². The van der Waals surface area contributed by atoms with Gasteiger partial charge in [0.15, 0.2) is 0 Å². The van der Waals surface area contributed by atoms with Crippen molar-refractivity contribution in [1.29, 1.82) is 0 Å². The van der Waals surface area contributed by atoms with Crippen molar-refractivity contribution in [2.75, 3.05) is 23.8 Å². The summed E-state index contributed by atoms with van der Waals surface area (Å²) in [6.07, 6.45) is -6.67. The molecule has 0 aliphatic heterocycles. The minimum Gasteiger partial charge on any atom is -0.396 e. The first kappa shape index (κ1) is 22.9. The lowest BCUT2D eigenvalue weighted by molar-refractivity contribution is -0.115. The van der Waals surface area contributed by atoms with Crippen molar-refractivity contribution in [3.63, 3.8) is 0 Å². The predicted molar refractivity (Wildman–Crippen MR) is 115 cm³/mol. The molecule has 0 spiro atoms. The second kappa shape index (κ2) is 8.94. The van der Waals surface area contributed by atoms with Gasteiger partial charge in [-0.15, -0.1) is 11.3 Å². The van der Waals surface area contributed by atoms with E-state index in [1.165, 1.54) is 11.3 Å². The lowest BCUT2D eigenvalue weighted by Gasteiger charge is -2.21. The molecule has 8 nitrogen and oxygen atoms in total. The summed E-state index contributed by atoms with van der Waals surface area (Å²) >= 11 is 7.65. The molecule has 13 heteroatoms. The summed E-state index contributed by atoms with van der Waals surface area (Å²) in [5, 5.41) is 35.3. The van der Waals surface area contributed by atoms with Gasteiger partial charge in [0.1, 0.15) is 28.6 Å². The van der Waals surface area contributed by atoms with Gasteiger partial charge in [-0.05, 0) is 18.6 Å². The number of nitrogens with one attached hydrogen (secondary N) is 2. The summed E-state index contributed by atoms with van der Waals surface area (Å²) in [6, 6.07) is 6.60. The molecule has 3 aromatic rings. The van der Waals surface area contributed by atoms with Gasteiger partial charge in [-0.25, -0.2) is 9.97 Å². The second-order valence-corrected chi connectivity index (χ2v) is 8.82. The average Bonchev–Trinajstić information content (AvgIpc) is 3.27. The number of hydrogen-bond acceptors (Lipinski definition) is 9. The van der Waals surface area contributed by atoms with Crippen LogP contribution in [0.15, 0.2) is 24.3 Å². The first-order valence-electron chi connectivity index (χ1n) is 9.64. The van der Waals surface area contributed by atoms with Crippen molar-refractivity contribution in [3.05, 3.63) is 29.4 Å². The van der Waals surface area contributed by atoms with Crippen LogP contribution in [0.1, 0.15) is 6.42 Å². The minimum absolute atomic E-state index is 0.0589. The summed E-state index contributed by atoms with van der Waals surface area (Å²) in [4.78, 5) is 12.6. The Bertz CT molecular complexity index is 1080. The Morgan fingerprint density at radius 1 is 1.12 bits per heavy atom. The molecular formula is C19H19ClF3N5O3S. The van der Waals surface area contributed by atoms with Gasteiger partial charge < -0.3 is 26.0 Å². The number of para-hydroxylation sites is 1. The molecule has 0 saturated heterocycles. The molecule has 1 aliphatic rings. The summed E-state index contributed by atoms with van der Waals surface area (Å²) in [7, 11) is 0. The molecule has 4 unspecified atom stereocenters. The maximum absolute atomic E-state index is 12.6. The van der Waals surface area contributed by atoms with E-state index >= 15 is 0 Å². The number of anilines is 2. The molecule has 172 valence electrons. The summed E-state index contributed by atoms with van der Waals surface area (Å²) in [5.74, 6) is -0.858. The number of benzene rings is 1. The predicted octanol–water partition coefficient (Wildman–Crippen LogP) is 2.90. The Hall–Kier alpha value is -2.25. The number of fused-ring (bicyclic) bond motifs is 1. The van der Waals surface area contributed by atoms with E-state index < -0.39 is 36.9 Å². The number of alkyl halides is 3. The molecule has 1 aromatic carbocycles. The maximum Gasteiger partial charge on any atom is 0.405 e. The van der Waals surface area contributed by atoms with Crippen LogP contribution in [-0.2, 0) is 0 Å². The zero-order chi connectivity index (χ0) is 23.0. The molecule has 2 aromatic heterocycles.